The molecule has 5 aromatic rings. The van der Waals surface area contributed by atoms with Gasteiger partial charge in [-0.05, 0) is 112 Å². The normalized spacial score (nSPS) is 20.7. The highest BCUT2D eigenvalue weighted by molar-refractivity contribution is 7.92. The van der Waals surface area contributed by atoms with Crippen LogP contribution in [0.2, 0.25) is 0 Å². The molecule has 2 atom stereocenters. The Labute approximate surface area is 476 Å². The first-order chi connectivity index (χ1) is 39.1. The largest absolute Gasteiger partial charge is 0.443 e. The second kappa shape index (κ2) is 22.6. The smallest absolute Gasteiger partial charge is 0.416 e. The molecule has 1 unspecified atom stereocenters. The maximum absolute atomic E-state index is 15.5. The number of alkyl halides is 3. The zero-order valence-corrected chi connectivity index (χ0v) is 47.3. The number of ether oxygens (including phenoxy) is 1. The maximum Gasteiger partial charge on any atom is 0.416 e. The number of fused-ring (bicyclic) bond motifs is 1. The van der Waals surface area contributed by atoms with Crippen LogP contribution in [-0.4, -0.2) is 111 Å². The van der Waals surface area contributed by atoms with Crippen molar-refractivity contribution in [2.24, 2.45) is 18.9 Å². The summed E-state index contributed by atoms with van der Waals surface area (Å²) in [6.07, 6.45) is 0.701. The third-order valence-electron chi connectivity index (χ3n) is 15.4. The molecule has 3 aliphatic heterocycles. The molecule has 22 nitrogen and oxygen atoms in total. The molecule has 0 bridgehead atoms. The molecule has 5 amide bonds. The number of sulfonamides is 1. The quantitative estimate of drug-likeness (QED) is 0.0363. The van der Waals surface area contributed by atoms with E-state index in [1.807, 2.05) is 0 Å². The lowest BCUT2D eigenvalue weighted by Gasteiger charge is -2.46. The number of imide groups is 1. The van der Waals surface area contributed by atoms with Crippen LogP contribution in [0.3, 0.4) is 0 Å². The number of nitro groups is 1. The summed E-state index contributed by atoms with van der Waals surface area (Å²) in [5, 5.41) is 32.9. The van der Waals surface area contributed by atoms with E-state index in [2.05, 4.69) is 40.2 Å². The van der Waals surface area contributed by atoms with Crippen molar-refractivity contribution in [3.63, 3.8) is 0 Å². The molecule has 3 aromatic carbocycles. The number of rotatable bonds is 18. The Balaban J connectivity index is 0.988. The number of aryl methyl sites for hydroxylation is 1. The maximum atomic E-state index is 15.5. The van der Waals surface area contributed by atoms with Gasteiger partial charge in [0.2, 0.25) is 0 Å². The first-order valence-electron chi connectivity index (χ1n) is 27.0. The number of likely N-dealkylation sites (tertiary alicyclic amines) is 1. The number of nitro benzene ring substituents is 1. The van der Waals surface area contributed by atoms with Crippen LogP contribution >= 0.6 is 0 Å². The summed E-state index contributed by atoms with van der Waals surface area (Å²) in [5.74, 6) is -1.67. The number of benzene rings is 3. The van der Waals surface area contributed by atoms with Gasteiger partial charge in [-0.2, -0.15) is 18.4 Å². The standard InChI is InChI=1S/C57H61F3N12O10S/c1-35-9-7-22-72(31-35,32-37-10-13-41(14-11-37)66-83(80,81)46-15-12-39(25-45(46)71(78)79)51(75)62-19-21-69-49(73)16-17-50(69)74)33-38-23-42-43(44(24-38)57(58,59)60)30-70(52(42)76)48-27-40(56(28-36(2)29-56)53-65-63-34-67(53)6)26-47(64-48)68(20-8-18-61)54(77)82-55(3,4)5/h10-17,23-27,34-36,66H,7-9,19-22,28-33H2,1-6H3/p+1/t35-,36?,56?,72?/m0/s1. The number of anilines is 3. The van der Waals surface area contributed by atoms with E-state index in [4.69, 9.17) is 9.72 Å². The summed E-state index contributed by atoms with van der Waals surface area (Å²) in [4.78, 5) is 84.0. The topological polar surface area (TPSA) is 273 Å². The van der Waals surface area contributed by atoms with Gasteiger partial charge in [0, 0.05) is 78.8 Å². The fourth-order valence-electron chi connectivity index (χ4n) is 11.9. The van der Waals surface area contributed by atoms with Crippen LogP contribution in [0.15, 0.2) is 90.1 Å². The monoisotopic (exact) mass is 1160 g/mol. The van der Waals surface area contributed by atoms with Gasteiger partial charge in [-0.1, -0.05) is 26.0 Å². The van der Waals surface area contributed by atoms with Gasteiger partial charge in [-0.15, -0.1) is 10.2 Å². The summed E-state index contributed by atoms with van der Waals surface area (Å²) in [5.41, 5.74) is -2.65. The van der Waals surface area contributed by atoms with E-state index in [1.165, 1.54) is 28.0 Å². The van der Waals surface area contributed by atoms with Gasteiger partial charge in [0.25, 0.3) is 39.3 Å². The van der Waals surface area contributed by atoms with Gasteiger partial charge < -0.3 is 19.1 Å². The SMILES string of the molecule is CC1CC(c2cc(N(CCC#N)C(=O)OC(C)(C)C)nc(N3Cc4c(cc(C[N+]5(Cc6ccc(NS(=O)(=O)c7ccc(C(=O)NCCN8C(=O)C=CC8=O)cc7[N+](=O)[O-])cc6)CCC[C@H](C)C5)cc4C(F)(F)F)C3=O)c2)(c2nncn2C)C1. The van der Waals surface area contributed by atoms with Crippen LogP contribution in [0, 0.1) is 33.3 Å². The Kier molecular flexibility index (Phi) is 16.1. The third kappa shape index (κ3) is 12.5. The van der Waals surface area contributed by atoms with E-state index in [-0.39, 0.29) is 88.5 Å². The molecule has 9 rings (SSSR count). The molecule has 0 radical (unpaired) electrons. The minimum absolute atomic E-state index is 0.0149. The highest BCUT2D eigenvalue weighted by Crippen LogP contribution is 2.53. The molecular weight excluding hydrogens is 1100 g/mol. The molecule has 2 N–H and O–H groups in total. The Bertz CT molecular complexity index is 3610. The number of hydrogen-bond donors (Lipinski definition) is 2. The molecule has 0 spiro atoms. The first kappa shape index (κ1) is 59.1. The lowest BCUT2D eigenvalue weighted by Crippen LogP contribution is -2.52. The second-order valence-corrected chi connectivity index (χ2v) is 24.7. The number of amides is 5. The second-order valence-electron chi connectivity index (χ2n) is 23.0. The van der Waals surface area contributed by atoms with Gasteiger partial charge in [0.05, 0.1) is 48.0 Å². The van der Waals surface area contributed by atoms with Gasteiger partial charge >= 0.3 is 12.3 Å². The first-order valence-corrected chi connectivity index (χ1v) is 28.4. The number of piperidine rings is 1. The van der Waals surface area contributed by atoms with Crippen molar-refractivity contribution in [3.8, 4) is 6.07 Å². The van der Waals surface area contributed by atoms with Crippen molar-refractivity contribution in [2.75, 3.05) is 47.2 Å². The highest BCUT2D eigenvalue weighted by Gasteiger charge is 2.50. The molecule has 1 aliphatic carbocycles. The van der Waals surface area contributed by atoms with Gasteiger partial charge in [0.1, 0.15) is 42.5 Å². The Morgan fingerprint density at radius 3 is 2.29 bits per heavy atom. The number of carbonyl (C=O) groups is 5. The molecule has 2 fully saturated rings. The Morgan fingerprint density at radius 2 is 1.67 bits per heavy atom. The number of aromatic nitrogens is 4. The zero-order chi connectivity index (χ0) is 60.0. The lowest BCUT2D eigenvalue weighted by atomic mass is 9.58. The number of hydrogen-bond acceptors (Lipinski definition) is 14. The number of nitrogens with zero attached hydrogens (tertiary/aromatic N) is 10. The summed E-state index contributed by atoms with van der Waals surface area (Å²) >= 11 is 0. The molecule has 83 heavy (non-hydrogen) atoms. The van der Waals surface area contributed by atoms with Crippen LogP contribution in [-0.2, 0) is 62.6 Å². The summed E-state index contributed by atoms with van der Waals surface area (Å²) in [6.45, 7) is 9.73. The number of nitriles is 1. The fraction of sp³-hybridized carbons (Fsp3) is 0.421. The minimum atomic E-state index is -4.89. The van der Waals surface area contributed by atoms with E-state index in [0.29, 0.717) is 49.4 Å². The highest BCUT2D eigenvalue weighted by atomic mass is 32.2. The molecule has 26 heteroatoms. The van der Waals surface area contributed by atoms with Gasteiger partial charge in [-0.3, -0.25) is 48.7 Å². The van der Waals surface area contributed by atoms with E-state index in [0.717, 1.165) is 54.2 Å². The van der Waals surface area contributed by atoms with Crippen molar-refractivity contribution in [1.29, 1.82) is 5.26 Å². The number of halogens is 3. The minimum Gasteiger partial charge on any atom is -0.443 e. The van der Waals surface area contributed by atoms with Crippen molar-refractivity contribution in [2.45, 2.75) is 108 Å². The molecule has 4 aliphatic rings. The van der Waals surface area contributed by atoms with Crippen molar-refractivity contribution >= 4 is 62.8 Å². The molecule has 1 saturated carbocycles. The van der Waals surface area contributed by atoms with Crippen LogP contribution in [0.25, 0.3) is 0 Å². The zero-order valence-electron chi connectivity index (χ0n) is 46.5. The predicted molar refractivity (Wildman–Crippen MR) is 295 cm³/mol. The number of pyridine rings is 1. The van der Waals surface area contributed by atoms with Crippen LogP contribution in [0.1, 0.15) is 121 Å². The average molecular weight is 1160 g/mol. The fourth-order valence-corrected chi connectivity index (χ4v) is 13.1. The number of nitrogens with one attached hydrogen (secondary N) is 2. The Morgan fingerprint density at radius 1 is 0.976 bits per heavy atom. The van der Waals surface area contributed by atoms with Crippen LogP contribution in [0.5, 0.6) is 0 Å². The van der Waals surface area contributed by atoms with E-state index in [9.17, 15) is 47.8 Å². The predicted octanol–water partition coefficient (Wildman–Crippen LogP) is 8.07. The summed E-state index contributed by atoms with van der Waals surface area (Å²) < 4.78 is 84.1. The molecule has 5 heterocycles. The van der Waals surface area contributed by atoms with Gasteiger partial charge in [0.15, 0.2) is 4.90 Å². The average Bonchev–Trinajstić information content (AvgIpc) is 3.98. The Hall–Kier alpha value is -8.57. The van der Waals surface area contributed by atoms with Crippen molar-refractivity contribution in [3.05, 3.63) is 140 Å². The molecule has 2 aromatic heterocycles. The van der Waals surface area contributed by atoms with Crippen LogP contribution < -0.4 is 19.8 Å². The molecule has 1 saturated heterocycles. The number of carbonyl (C=O) groups excluding carboxylic acids is 5. The van der Waals surface area contributed by atoms with Crippen molar-refractivity contribution in [1.82, 2.24) is 30.0 Å². The van der Waals surface area contributed by atoms with Crippen LogP contribution in [0.4, 0.5) is 41.0 Å². The summed E-state index contributed by atoms with van der Waals surface area (Å²) in [7, 11) is -2.84. The number of quaternary nitrogens is 1. The van der Waals surface area contributed by atoms with E-state index in [1.54, 1.807) is 63.0 Å². The third-order valence-corrected chi connectivity index (χ3v) is 16.8. The van der Waals surface area contributed by atoms with Crippen molar-refractivity contribution < 1.29 is 59.7 Å². The lowest BCUT2D eigenvalue weighted by molar-refractivity contribution is -0.960. The van der Waals surface area contributed by atoms with Gasteiger partial charge in [-0.25, -0.2) is 18.2 Å². The molecular formula is C57H62F3N12O10S+. The van der Waals surface area contributed by atoms with E-state index < -0.39 is 84.6 Å². The molecule has 436 valence electrons. The van der Waals surface area contributed by atoms with E-state index >= 15 is 13.2 Å². The summed E-state index contributed by atoms with van der Waals surface area (Å²) in [6, 6.07) is 17.0.